The molecular weight excluding hydrogens is 270 g/mol. The number of aliphatic carboxylic acids is 1. The zero-order chi connectivity index (χ0) is 15.2. The Morgan fingerprint density at radius 2 is 1.81 bits per heavy atom. The first-order valence-electron chi connectivity index (χ1n) is 8.24. The van der Waals surface area contributed by atoms with Gasteiger partial charge in [0.2, 0.25) is 0 Å². The Morgan fingerprint density at radius 1 is 1.14 bits per heavy atom. The molecule has 1 N–H and O–H groups in total. The second-order valence-corrected chi connectivity index (χ2v) is 6.38. The summed E-state index contributed by atoms with van der Waals surface area (Å²) in [5.41, 5.74) is 0. The average molecular weight is 297 g/mol. The van der Waals surface area contributed by atoms with E-state index in [0.717, 1.165) is 38.5 Å². The van der Waals surface area contributed by atoms with Crippen LogP contribution in [0.2, 0.25) is 0 Å². The molecule has 0 bridgehead atoms. The van der Waals surface area contributed by atoms with E-state index in [-0.39, 0.29) is 18.1 Å². The van der Waals surface area contributed by atoms with E-state index < -0.39 is 11.9 Å². The van der Waals surface area contributed by atoms with Crippen molar-refractivity contribution in [3.05, 3.63) is 0 Å². The fourth-order valence-corrected chi connectivity index (χ4v) is 3.32. The highest BCUT2D eigenvalue weighted by Gasteiger charge is 2.34. The van der Waals surface area contributed by atoms with Gasteiger partial charge in [-0.1, -0.05) is 32.6 Å². The van der Waals surface area contributed by atoms with Crippen molar-refractivity contribution >= 4 is 11.9 Å². The standard InChI is InChI=1S/C16H27NO4/c1-12(16(19)20)11-17(13-7-4-2-3-5-8-13)15(18)14-9-6-10-21-14/h12-14H,2-11H2,1H3,(H,19,20). The molecule has 2 fully saturated rings. The van der Waals surface area contributed by atoms with Crippen LogP contribution in [0, 0.1) is 5.92 Å². The summed E-state index contributed by atoms with van der Waals surface area (Å²) in [6.07, 6.45) is 8.00. The van der Waals surface area contributed by atoms with Gasteiger partial charge in [0.15, 0.2) is 0 Å². The van der Waals surface area contributed by atoms with Gasteiger partial charge in [0.25, 0.3) is 5.91 Å². The van der Waals surface area contributed by atoms with Crippen molar-refractivity contribution in [1.82, 2.24) is 4.90 Å². The largest absolute Gasteiger partial charge is 0.481 e. The lowest BCUT2D eigenvalue weighted by Crippen LogP contribution is -2.48. The molecule has 0 aromatic heterocycles. The van der Waals surface area contributed by atoms with Crippen molar-refractivity contribution in [3.8, 4) is 0 Å². The molecule has 1 saturated carbocycles. The summed E-state index contributed by atoms with van der Waals surface area (Å²) < 4.78 is 5.52. The highest BCUT2D eigenvalue weighted by molar-refractivity contribution is 5.82. The highest BCUT2D eigenvalue weighted by Crippen LogP contribution is 2.25. The topological polar surface area (TPSA) is 66.8 Å². The first kappa shape index (κ1) is 16.3. The predicted octanol–water partition coefficient (Wildman–Crippen LogP) is 2.44. The predicted molar refractivity (Wildman–Crippen MR) is 79.0 cm³/mol. The molecule has 21 heavy (non-hydrogen) atoms. The van der Waals surface area contributed by atoms with Crippen LogP contribution in [0.1, 0.15) is 58.3 Å². The molecule has 0 spiro atoms. The van der Waals surface area contributed by atoms with Crippen LogP contribution >= 0.6 is 0 Å². The molecule has 5 heteroatoms. The Labute approximate surface area is 126 Å². The minimum absolute atomic E-state index is 0.00694. The van der Waals surface area contributed by atoms with Gasteiger partial charge in [-0.25, -0.2) is 0 Å². The van der Waals surface area contributed by atoms with Crippen LogP contribution in [-0.2, 0) is 14.3 Å². The van der Waals surface area contributed by atoms with Gasteiger partial charge >= 0.3 is 5.97 Å². The van der Waals surface area contributed by atoms with Gasteiger partial charge in [0.1, 0.15) is 6.10 Å². The summed E-state index contributed by atoms with van der Waals surface area (Å²) in [6.45, 7) is 2.62. The molecule has 0 aromatic rings. The van der Waals surface area contributed by atoms with Crippen molar-refractivity contribution in [3.63, 3.8) is 0 Å². The number of ether oxygens (including phenoxy) is 1. The average Bonchev–Trinajstić information content (AvgIpc) is 2.87. The summed E-state index contributed by atoms with van der Waals surface area (Å²) in [5, 5.41) is 9.16. The Balaban J connectivity index is 2.07. The smallest absolute Gasteiger partial charge is 0.308 e. The van der Waals surface area contributed by atoms with E-state index in [9.17, 15) is 9.59 Å². The van der Waals surface area contributed by atoms with E-state index in [1.165, 1.54) is 12.8 Å². The number of amides is 1. The molecule has 1 aliphatic carbocycles. The van der Waals surface area contributed by atoms with Gasteiger partial charge < -0.3 is 14.7 Å². The molecule has 0 radical (unpaired) electrons. The van der Waals surface area contributed by atoms with Crippen molar-refractivity contribution in [2.24, 2.45) is 5.92 Å². The fourth-order valence-electron chi connectivity index (χ4n) is 3.32. The normalized spacial score (nSPS) is 25.3. The van der Waals surface area contributed by atoms with E-state index in [4.69, 9.17) is 9.84 Å². The van der Waals surface area contributed by atoms with Crippen LogP contribution in [0.5, 0.6) is 0 Å². The van der Waals surface area contributed by atoms with Crippen LogP contribution in [0.4, 0.5) is 0 Å². The van der Waals surface area contributed by atoms with Crippen molar-refractivity contribution < 1.29 is 19.4 Å². The van der Waals surface area contributed by atoms with E-state index >= 15 is 0 Å². The van der Waals surface area contributed by atoms with Crippen LogP contribution in [-0.4, -0.2) is 47.2 Å². The van der Waals surface area contributed by atoms with Crippen molar-refractivity contribution in [1.29, 1.82) is 0 Å². The molecular formula is C16H27NO4. The molecule has 2 unspecified atom stereocenters. The summed E-state index contributed by atoms with van der Waals surface area (Å²) >= 11 is 0. The molecule has 1 heterocycles. The molecule has 2 aliphatic rings. The molecule has 2 rings (SSSR count). The maximum Gasteiger partial charge on any atom is 0.308 e. The van der Waals surface area contributed by atoms with Crippen LogP contribution in [0.15, 0.2) is 0 Å². The van der Waals surface area contributed by atoms with E-state index in [1.807, 2.05) is 4.90 Å². The quantitative estimate of drug-likeness (QED) is 0.791. The monoisotopic (exact) mass is 297 g/mol. The molecule has 0 aromatic carbocycles. The SMILES string of the molecule is CC(CN(C(=O)C1CCCO1)C1CCCCCC1)C(=O)O. The zero-order valence-corrected chi connectivity index (χ0v) is 12.9. The Kier molecular flexibility index (Phi) is 6.03. The molecule has 5 nitrogen and oxygen atoms in total. The van der Waals surface area contributed by atoms with Crippen LogP contribution < -0.4 is 0 Å². The highest BCUT2D eigenvalue weighted by atomic mass is 16.5. The third kappa shape index (κ3) is 4.43. The minimum atomic E-state index is -0.839. The van der Waals surface area contributed by atoms with Gasteiger partial charge in [-0.05, 0) is 25.7 Å². The molecule has 1 aliphatic heterocycles. The number of carbonyl (C=O) groups is 2. The zero-order valence-electron chi connectivity index (χ0n) is 12.9. The minimum Gasteiger partial charge on any atom is -0.481 e. The Hall–Kier alpha value is -1.10. The molecule has 1 saturated heterocycles. The van der Waals surface area contributed by atoms with Crippen LogP contribution in [0.3, 0.4) is 0 Å². The summed E-state index contributed by atoms with van der Waals surface area (Å²) in [7, 11) is 0. The second kappa shape index (κ2) is 7.78. The second-order valence-electron chi connectivity index (χ2n) is 6.38. The first-order valence-corrected chi connectivity index (χ1v) is 8.24. The molecule has 1 amide bonds. The maximum atomic E-state index is 12.7. The van der Waals surface area contributed by atoms with Crippen molar-refractivity contribution in [2.45, 2.75) is 70.4 Å². The van der Waals surface area contributed by atoms with Gasteiger partial charge in [0, 0.05) is 19.2 Å². The lowest BCUT2D eigenvalue weighted by molar-refractivity contribution is -0.148. The Bertz CT molecular complexity index is 357. The third-order valence-corrected chi connectivity index (χ3v) is 4.65. The van der Waals surface area contributed by atoms with Gasteiger partial charge in [0.05, 0.1) is 5.92 Å². The van der Waals surface area contributed by atoms with Crippen molar-refractivity contribution in [2.75, 3.05) is 13.2 Å². The van der Waals surface area contributed by atoms with E-state index in [0.29, 0.717) is 13.2 Å². The third-order valence-electron chi connectivity index (χ3n) is 4.65. The summed E-state index contributed by atoms with van der Waals surface area (Å²) in [5.74, 6) is -1.36. The van der Waals surface area contributed by atoms with E-state index in [1.54, 1.807) is 6.92 Å². The fraction of sp³-hybridized carbons (Fsp3) is 0.875. The first-order chi connectivity index (χ1) is 10.1. The lowest BCUT2D eigenvalue weighted by Gasteiger charge is -2.34. The van der Waals surface area contributed by atoms with Gasteiger partial charge in [-0.2, -0.15) is 0 Å². The molecule has 2 atom stereocenters. The number of carboxylic acid groups (broad SMARTS) is 1. The maximum absolute atomic E-state index is 12.7. The molecule has 120 valence electrons. The Morgan fingerprint density at radius 3 is 2.33 bits per heavy atom. The number of rotatable bonds is 5. The number of hydrogen-bond acceptors (Lipinski definition) is 3. The summed E-state index contributed by atoms with van der Waals surface area (Å²) in [6, 6.07) is 0.186. The van der Waals surface area contributed by atoms with Gasteiger partial charge in [-0.15, -0.1) is 0 Å². The number of carboxylic acids is 1. The van der Waals surface area contributed by atoms with Gasteiger partial charge in [-0.3, -0.25) is 9.59 Å². The van der Waals surface area contributed by atoms with E-state index in [2.05, 4.69) is 0 Å². The summed E-state index contributed by atoms with van der Waals surface area (Å²) in [4.78, 5) is 25.7. The number of nitrogens with zero attached hydrogens (tertiary/aromatic N) is 1. The van der Waals surface area contributed by atoms with Crippen LogP contribution in [0.25, 0.3) is 0 Å². The lowest BCUT2D eigenvalue weighted by atomic mass is 10.0. The number of carbonyl (C=O) groups excluding carboxylic acids is 1. The number of hydrogen-bond donors (Lipinski definition) is 1.